The minimum Gasteiger partial charge on any atom is -0.506 e. The highest BCUT2D eigenvalue weighted by Gasteiger charge is 2.04. The van der Waals surface area contributed by atoms with Crippen LogP contribution in [0.15, 0.2) is 18.2 Å². The molecule has 70 valence electrons. The molecular weight excluding hydrogens is 170 g/mol. The first kappa shape index (κ1) is 9.54. The molecule has 0 aromatic heterocycles. The number of aromatic hydroxyl groups is 1. The summed E-state index contributed by atoms with van der Waals surface area (Å²) in [5, 5.41) is 20.1. The van der Waals surface area contributed by atoms with Crippen LogP contribution in [0, 0.1) is 6.92 Å². The lowest BCUT2D eigenvalue weighted by molar-refractivity contribution is -0.118. The Labute approximate surface area is 75.8 Å². The average molecular weight is 181 g/mol. The summed E-state index contributed by atoms with van der Waals surface area (Å²) in [6.45, 7) is 1.25. The van der Waals surface area contributed by atoms with E-state index in [-0.39, 0.29) is 5.75 Å². The number of carbonyl (C=O) groups excluding carboxylic acids is 1. The van der Waals surface area contributed by atoms with Gasteiger partial charge in [-0.1, -0.05) is 6.07 Å². The van der Waals surface area contributed by atoms with Crippen molar-refractivity contribution in [3.8, 4) is 5.75 Å². The van der Waals surface area contributed by atoms with E-state index in [9.17, 15) is 9.90 Å². The number of hydrogen-bond acceptors (Lipinski definition) is 3. The number of aryl methyl sites for hydroxylation is 1. The Kier molecular flexibility index (Phi) is 2.87. The molecule has 1 aromatic carbocycles. The van der Waals surface area contributed by atoms with Gasteiger partial charge in [-0.25, -0.2) is 0 Å². The smallest absolute Gasteiger partial charge is 0.250 e. The van der Waals surface area contributed by atoms with Gasteiger partial charge < -0.3 is 15.5 Å². The van der Waals surface area contributed by atoms with E-state index in [4.69, 9.17) is 5.11 Å². The molecule has 0 radical (unpaired) electrons. The van der Waals surface area contributed by atoms with E-state index in [1.807, 2.05) is 6.92 Å². The van der Waals surface area contributed by atoms with Gasteiger partial charge in [-0.3, -0.25) is 4.79 Å². The number of phenolic OH excluding ortho intramolecular Hbond substituents is 1. The van der Waals surface area contributed by atoms with E-state index < -0.39 is 12.5 Å². The first-order chi connectivity index (χ1) is 6.13. The molecule has 0 aliphatic rings. The second-order valence-electron chi connectivity index (χ2n) is 2.73. The molecule has 0 saturated carbocycles. The van der Waals surface area contributed by atoms with Gasteiger partial charge in [0.05, 0.1) is 5.69 Å². The molecule has 0 saturated heterocycles. The van der Waals surface area contributed by atoms with Crippen LogP contribution >= 0.6 is 0 Å². The van der Waals surface area contributed by atoms with Crippen LogP contribution in [-0.2, 0) is 4.79 Å². The fourth-order valence-corrected chi connectivity index (χ4v) is 0.940. The minimum absolute atomic E-state index is 0.00704. The van der Waals surface area contributed by atoms with Crippen molar-refractivity contribution in [2.24, 2.45) is 0 Å². The van der Waals surface area contributed by atoms with Gasteiger partial charge in [0, 0.05) is 0 Å². The first-order valence-corrected chi connectivity index (χ1v) is 3.84. The largest absolute Gasteiger partial charge is 0.506 e. The third-order valence-corrected chi connectivity index (χ3v) is 1.57. The van der Waals surface area contributed by atoms with Crippen LogP contribution in [0.4, 0.5) is 5.69 Å². The van der Waals surface area contributed by atoms with Crippen LogP contribution in [0.5, 0.6) is 5.75 Å². The number of carbonyl (C=O) groups is 1. The maximum absolute atomic E-state index is 10.8. The summed E-state index contributed by atoms with van der Waals surface area (Å²) >= 11 is 0. The highest BCUT2D eigenvalue weighted by molar-refractivity contribution is 5.93. The molecule has 0 bridgehead atoms. The molecular formula is C9H11NO3. The fourth-order valence-electron chi connectivity index (χ4n) is 0.940. The van der Waals surface area contributed by atoms with E-state index in [0.717, 1.165) is 5.56 Å². The summed E-state index contributed by atoms with van der Waals surface area (Å²) in [6.07, 6.45) is 0. The molecule has 0 fully saturated rings. The molecule has 1 rings (SSSR count). The molecule has 3 N–H and O–H groups in total. The van der Waals surface area contributed by atoms with Crippen LogP contribution in [0.25, 0.3) is 0 Å². The summed E-state index contributed by atoms with van der Waals surface area (Å²) in [5.41, 5.74) is 1.24. The molecule has 4 nitrogen and oxygen atoms in total. The van der Waals surface area contributed by atoms with Gasteiger partial charge in [-0.05, 0) is 24.6 Å². The van der Waals surface area contributed by atoms with Gasteiger partial charge in [0.15, 0.2) is 0 Å². The quantitative estimate of drug-likeness (QED) is 0.586. The molecule has 4 heteroatoms. The Balaban J connectivity index is 2.87. The van der Waals surface area contributed by atoms with E-state index in [1.165, 1.54) is 6.07 Å². The fraction of sp³-hybridized carbons (Fsp3) is 0.222. The Morgan fingerprint density at radius 3 is 2.85 bits per heavy atom. The van der Waals surface area contributed by atoms with Crippen molar-refractivity contribution < 1.29 is 15.0 Å². The zero-order chi connectivity index (χ0) is 9.84. The van der Waals surface area contributed by atoms with E-state index >= 15 is 0 Å². The molecule has 0 aliphatic carbocycles. The predicted molar refractivity (Wildman–Crippen MR) is 48.6 cm³/mol. The second kappa shape index (κ2) is 3.91. The van der Waals surface area contributed by atoms with Crippen molar-refractivity contribution >= 4 is 11.6 Å². The van der Waals surface area contributed by atoms with Gasteiger partial charge in [0.1, 0.15) is 12.4 Å². The Morgan fingerprint density at radius 2 is 2.23 bits per heavy atom. The van der Waals surface area contributed by atoms with E-state index in [1.54, 1.807) is 12.1 Å². The van der Waals surface area contributed by atoms with Crippen LogP contribution in [0.1, 0.15) is 5.56 Å². The van der Waals surface area contributed by atoms with Crippen molar-refractivity contribution in [3.63, 3.8) is 0 Å². The van der Waals surface area contributed by atoms with Gasteiger partial charge in [0.25, 0.3) is 0 Å². The van der Waals surface area contributed by atoms with Crippen LogP contribution in [-0.4, -0.2) is 22.7 Å². The number of amides is 1. The zero-order valence-corrected chi connectivity index (χ0v) is 7.24. The van der Waals surface area contributed by atoms with Crippen molar-refractivity contribution in [2.45, 2.75) is 6.92 Å². The maximum atomic E-state index is 10.8. The summed E-state index contributed by atoms with van der Waals surface area (Å²) < 4.78 is 0. The second-order valence-corrected chi connectivity index (χ2v) is 2.73. The van der Waals surface area contributed by atoms with Crippen LogP contribution in [0.2, 0.25) is 0 Å². The number of hydrogen-bond donors (Lipinski definition) is 3. The molecule has 0 spiro atoms. The van der Waals surface area contributed by atoms with E-state index in [2.05, 4.69) is 5.32 Å². The lowest BCUT2D eigenvalue weighted by Crippen LogP contribution is -2.15. The number of aliphatic hydroxyl groups excluding tert-OH is 1. The number of rotatable bonds is 2. The standard InChI is InChI=1S/C9H11NO3/c1-6-2-3-8(12)7(4-6)10-9(13)5-11/h2-4,11-12H,5H2,1H3,(H,10,13). The number of aliphatic hydroxyl groups is 1. The SMILES string of the molecule is Cc1ccc(O)c(NC(=O)CO)c1. The van der Waals surface area contributed by atoms with Gasteiger partial charge in [-0.2, -0.15) is 0 Å². The van der Waals surface area contributed by atoms with Gasteiger partial charge >= 0.3 is 0 Å². The van der Waals surface area contributed by atoms with Crippen molar-refractivity contribution in [1.82, 2.24) is 0 Å². The molecule has 13 heavy (non-hydrogen) atoms. The van der Waals surface area contributed by atoms with Gasteiger partial charge in [0.2, 0.25) is 5.91 Å². The van der Waals surface area contributed by atoms with Crippen molar-refractivity contribution in [2.75, 3.05) is 11.9 Å². The Hall–Kier alpha value is -1.55. The third kappa shape index (κ3) is 2.45. The summed E-state index contributed by atoms with van der Waals surface area (Å²) in [5.74, 6) is -0.548. The molecule has 1 aromatic rings. The first-order valence-electron chi connectivity index (χ1n) is 3.84. The predicted octanol–water partition coefficient (Wildman–Crippen LogP) is 0.631. The highest BCUT2D eigenvalue weighted by atomic mass is 16.3. The minimum atomic E-state index is -0.590. The summed E-state index contributed by atoms with van der Waals surface area (Å²) in [7, 11) is 0. The molecule has 0 aliphatic heterocycles. The van der Waals surface area contributed by atoms with Crippen molar-refractivity contribution in [1.29, 1.82) is 0 Å². The Bertz CT molecular complexity index is 323. The Morgan fingerprint density at radius 1 is 1.54 bits per heavy atom. The lowest BCUT2D eigenvalue weighted by atomic mass is 10.2. The number of phenols is 1. The average Bonchev–Trinajstić information content (AvgIpc) is 2.11. The topological polar surface area (TPSA) is 69.6 Å². The molecule has 0 unspecified atom stereocenters. The number of nitrogens with one attached hydrogen (secondary N) is 1. The zero-order valence-electron chi connectivity index (χ0n) is 7.24. The van der Waals surface area contributed by atoms with Crippen LogP contribution < -0.4 is 5.32 Å². The molecule has 0 heterocycles. The maximum Gasteiger partial charge on any atom is 0.250 e. The number of benzene rings is 1. The molecule has 0 atom stereocenters. The summed E-state index contributed by atoms with van der Waals surface area (Å²) in [4.78, 5) is 10.8. The van der Waals surface area contributed by atoms with Crippen LogP contribution in [0.3, 0.4) is 0 Å². The van der Waals surface area contributed by atoms with Gasteiger partial charge in [-0.15, -0.1) is 0 Å². The molecule has 1 amide bonds. The summed E-state index contributed by atoms with van der Waals surface area (Å²) in [6, 6.07) is 4.84. The normalized spacial score (nSPS) is 9.69. The third-order valence-electron chi connectivity index (χ3n) is 1.57. The lowest BCUT2D eigenvalue weighted by Gasteiger charge is -2.06. The van der Waals surface area contributed by atoms with Crippen molar-refractivity contribution in [3.05, 3.63) is 23.8 Å². The highest BCUT2D eigenvalue weighted by Crippen LogP contribution is 2.23. The van der Waals surface area contributed by atoms with E-state index in [0.29, 0.717) is 5.69 Å². The monoisotopic (exact) mass is 181 g/mol. The number of anilines is 1.